The number of benzene rings is 1. The average Bonchev–Trinajstić information content (AvgIpc) is 2.19. The first-order valence-electron chi connectivity index (χ1n) is 3.88. The SMILES string of the molecule is COC(=O)CSc1ccc(N)c(Cl)c1. The minimum absolute atomic E-state index is 0.261. The predicted octanol–water partition coefficient (Wildman–Crippen LogP) is 2.19. The van der Waals surface area contributed by atoms with Crippen molar-refractivity contribution in [1.82, 2.24) is 0 Å². The average molecular weight is 232 g/mol. The van der Waals surface area contributed by atoms with E-state index in [0.29, 0.717) is 10.7 Å². The van der Waals surface area contributed by atoms with Gasteiger partial charge in [0.1, 0.15) is 0 Å². The first-order chi connectivity index (χ1) is 6.63. The molecule has 0 amide bonds. The third kappa shape index (κ3) is 3.12. The molecule has 0 heterocycles. The quantitative estimate of drug-likeness (QED) is 0.492. The molecule has 76 valence electrons. The Labute approximate surface area is 91.6 Å². The number of thioether (sulfide) groups is 1. The molecule has 14 heavy (non-hydrogen) atoms. The van der Waals surface area contributed by atoms with Crippen molar-refractivity contribution >= 4 is 35.0 Å². The van der Waals surface area contributed by atoms with Gasteiger partial charge in [0, 0.05) is 4.90 Å². The second kappa shape index (κ2) is 5.12. The number of hydrogen-bond donors (Lipinski definition) is 1. The third-order valence-corrected chi connectivity index (χ3v) is 2.85. The van der Waals surface area contributed by atoms with Crippen LogP contribution in [0.4, 0.5) is 5.69 Å². The lowest BCUT2D eigenvalue weighted by Crippen LogP contribution is -2.02. The van der Waals surface area contributed by atoms with Gasteiger partial charge < -0.3 is 10.5 Å². The van der Waals surface area contributed by atoms with E-state index >= 15 is 0 Å². The van der Waals surface area contributed by atoms with Gasteiger partial charge in [0.2, 0.25) is 0 Å². The van der Waals surface area contributed by atoms with E-state index in [-0.39, 0.29) is 11.7 Å². The van der Waals surface area contributed by atoms with Gasteiger partial charge in [0.15, 0.2) is 0 Å². The molecule has 3 nitrogen and oxygen atoms in total. The molecule has 1 rings (SSSR count). The van der Waals surface area contributed by atoms with Crippen molar-refractivity contribution < 1.29 is 9.53 Å². The van der Waals surface area contributed by atoms with E-state index in [4.69, 9.17) is 17.3 Å². The zero-order valence-electron chi connectivity index (χ0n) is 7.62. The lowest BCUT2D eigenvalue weighted by molar-refractivity contribution is -0.137. The topological polar surface area (TPSA) is 52.3 Å². The fourth-order valence-electron chi connectivity index (χ4n) is 0.799. The van der Waals surface area contributed by atoms with E-state index in [2.05, 4.69) is 4.74 Å². The Bertz CT molecular complexity index is 344. The Hall–Kier alpha value is -0.870. The third-order valence-electron chi connectivity index (χ3n) is 1.56. The predicted molar refractivity (Wildman–Crippen MR) is 58.6 cm³/mol. The van der Waals surface area contributed by atoms with Gasteiger partial charge in [-0.25, -0.2) is 0 Å². The number of methoxy groups -OCH3 is 1. The van der Waals surface area contributed by atoms with Crippen molar-refractivity contribution in [3.63, 3.8) is 0 Å². The second-order valence-corrected chi connectivity index (χ2v) is 4.00. The second-order valence-electron chi connectivity index (χ2n) is 2.55. The number of ether oxygens (including phenoxy) is 1. The number of nitrogens with two attached hydrogens (primary N) is 1. The van der Waals surface area contributed by atoms with E-state index in [9.17, 15) is 4.79 Å². The van der Waals surface area contributed by atoms with Gasteiger partial charge in [-0.1, -0.05) is 11.6 Å². The minimum Gasteiger partial charge on any atom is -0.468 e. The molecule has 0 bridgehead atoms. The van der Waals surface area contributed by atoms with Crippen LogP contribution in [0.15, 0.2) is 23.1 Å². The molecule has 1 aromatic rings. The minimum atomic E-state index is -0.261. The Kier molecular flexibility index (Phi) is 4.10. The zero-order valence-corrected chi connectivity index (χ0v) is 9.19. The summed E-state index contributed by atoms with van der Waals surface area (Å²) in [6, 6.07) is 5.25. The zero-order chi connectivity index (χ0) is 10.6. The summed E-state index contributed by atoms with van der Waals surface area (Å²) in [6.07, 6.45) is 0. The molecule has 0 fully saturated rings. The molecule has 0 aliphatic carbocycles. The molecule has 0 atom stereocenters. The highest BCUT2D eigenvalue weighted by Crippen LogP contribution is 2.26. The Balaban J connectivity index is 2.60. The number of halogens is 1. The molecule has 5 heteroatoms. The highest BCUT2D eigenvalue weighted by molar-refractivity contribution is 8.00. The summed E-state index contributed by atoms with van der Waals surface area (Å²) in [5.41, 5.74) is 6.07. The number of nitrogen functional groups attached to an aromatic ring is 1. The monoisotopic (exact) mass is 231 g/mol. The van der Waals surface area contributed by atoms with Crippen LogP contribution in [0.25, 0.3) is 0 Å². The summed E-state index contributed by atoms with van der Waals surface area (Å²) < 4.78 is 4.51. The number of carbonyl (C=O) groups excluding carboxylic acids is 1. The fourth-order valence-corrected chi connectivity index (χ4v) is 1.81. The van der Waals surface area contributed by atoms with Gasteiger partial charge in [0.25, 0.3) is 0 Å². The van der Waals surface area contributed by atoms with Gasteiger partial charge >= 0.3 is 5.97 Å². The number of esters is 1. The standard InChI is InChI=1S/C9H10ClNO2S/c1-13-9(12)5-14-6-2-3-8(11)7(10)4-6/h2-4H,5,11H2,1H3. The molecule has 0 saturated carbocycles. The Morgan fingerprint density at radius 3 is 2.93 bits per heavy atom. The summed E-state index contributed by atoms with van der Waals surface area (Å²) in [6.45, 7) is 0. The van der Waals surface area contributed by atoms with Crippen LogP contribution in [0.3, 0.4) is 0 Å². The molecular formula is C9H10ClNO2S. The molecule has 0 spiro atoms. The largest absolute Gasteiger partial charge is 0.468 e. The summed E-state index contributed by atoms with van der Waals surface area (Å²) >= 11 is 7.17. The molecule has 2 N–H and O–H groups in total. The lowest BCUT2D eigenvalue weighted by Gasteiger charge is -2.02. The maximum atomic E-state index is 10.8. The lowest BCUT2D eigenvalue weighted by atomic mass is 10.3. The van der Waals surface area contributed by atoms with Crippen molar-refractivity contribution in [3.8, 4) is 0 Å². The molecule has 0 aliphatic rings. The summed E-state index contributed by atoms with van der Waals surface area (Å²) in [5.74, 6) is 0.0134. The number of carbonyl (C=O) groups is 1. The van der Waals surface area contributed by atoms with Crippen molar-refractivity contribution in [2.45, 2.75) is 4.90 Å². The van der Waals surface area contributed by atoms with Crippen LogP contribution >= 0.6 is 23.4 Å². The van der Waals surface area contributed by atoms with E-state index < -0.39 is 0 Å². The van der Waals surface area contributed by atoms with Gasteiger partial charge in [-0.05, 0) is 18.2 Å². The molecule has 0 radical (unpaired) electrons. The Morgan fingerprint density at radius 1 is 1.64 bits per heavy atom. The summed E-state index contributed by atoms with van der Waals surface area (Å²) in [5, 5.41) is 0.500. The van der Waals surface area contributed by atoms with Crippen molar-refractivity contribution in [3.05, 3.63) is 23.2 Å². The molecule has 0 saturated heterocycles. The van der Waals surface area contributed by atoms with Gasteiger partial charge in [-0.2, -0.15) is 0 Å². The van der Waals surface area contributed by atoms with Gasteiger partial charge in [-0.3, -0.25) is 4.79 Å². The normalized spacial score (nSPS) is 9.86. The maximum absolute atomic E-state index is 10.8. The van der Waals surface area contributed by atoms with E-state index in [1.54, 1.807) is 12.1 Å². The van der Waals surface area contributed by atoms with Gasteiger partial charge in [-0.15, -0.1) is 11.8 Å². The van der Waals surface area contributed by atoms with E-state index in [1.807, 2.05) is 6.07 Å². The summed E-state index contributed by atoms with van der Waals surface area (Å²) in [7, 11) is 1.36. The molecule has 0 unspecified atom stereocenters. The van der Waals surface area contributed by atoms with Crippen molar-refractivity contribution in [2.24, 2.45) is 0 Å². The smallest absolute Gasteiger partial charge is 0.315 e. The first-order valence-corrected chi connectivity index (χ1v) is 5.24. The molecule has 0 aliphatic heterocycles. The number of anilines is 1. The number of hydrogen-bond acceptors (Lipinski definition) is 4. The maximum Gasteiger partial charge on any atom is 0.315 e. The van der Waals surface area contributed by atoms with Crippen LogP contribution < -0.4 is 5.73 Å². The van der Waals surface area contributed by atoms with Crippen LogP contribution in [0, 0.1) is 0 Å². The van der Waals surface area contributed by atoms with Crippen molar-refractivity contribution in [1.29, 1.82) is 0 Å². The molecular weight excluding hydrogens is 222 g/mol. The van der Waals surface area contributed by atoms with E-state index in [0.717, 1.165) is 4.90 Å². The fraction of sp³-hybridized carbons (Fsp3) is 0.222. The highest BCUT2D eigenvalue weighted by atomic mass is 35.5. The highest BCUT2D eigenvalue weighted by Gasteiger charge is 2.03. The van der Waals surface area contributed by atoms with Crippen LogP contribution in [0.2, 0.25) is 5.02 Å². The summed E-state index contributed by atoms with van der Waals surface area (Å²) in [4.78, 5) is 11.7. The first kappa shape index (κ1) is 11.2. The van der Waals surface area contributed by atoms with Gasteiger partial charge in [0.05, 0.1) is 23.6 Å². The van der Waals surface area contributed by atoms with Crippen LogP contribution in [0.1, 0.15) is 0 Å². The molecule has 0 aromatic heterocycles. The molecule has 1 aromatic carbocycles. The van der Waals surface area contributed by atoms with E-state index in [1.165, 1.54) is 18.9 Å². The van der Waals surface area contributed by atoms with Crippen LogP contribution in [-0.4, -0.2) is 18.8 Å². The van der Waals surface area contributed by atoms with Crippen molar-refractivity contribution in [2.75, 3.05) is 18.6 Å². The van der Waals surface area contributed by atoms with Crippen LogP contribution in [-0.2, 0) is 9.53 Å². The number of rotatable bonds is 3. The van der Waals surface area contributed by atoms with Crippen LogP contribution in [0.5, 0.6) is 0 Å². The Morgan fingerprint density at radius 2 is 2.36 bits per heavy atom.